The van der Waals surface area contributed by atoms with Gasteiger partial charge in [-0.15, -0.1) is 11.8 Å². The predicted molar refractivity (Wildman–Crippen MR) is 94.3 cm³/mol. The summed E-state index contributed by atoms with van der Waals surface area (Å²) in [6.07, 6.45) is 0. The largest absolute Gasteiger partial charge is 0.496 e. The molecule has 0 radical (unpaired) electrons. The van der Waals surface area contributed by atoms with E-state index >= 15 is 0 Å². The second-order valence-electron chi connectivity index (χ2n) is 4.66. The summed E-state index contributed by atoms with van der Waals surface area (Å²) in [7, 11) is 1.55. The first kappa shape index (κ1) is 18.3. The zero-order chi connectivity index (χ0) is 17.5. The number of rotatable bonds is 7. The average Bonchev–Trinajstić information content (AvgIpc) is 2.58. The van der Waals surface area contributed by atoms with E-state index in [2.05, 4.69) is 15.9 Å². The van der Waals surface area contributed by atoms with Gasteiger partial charge in [0.05, 0.1) is 17.8 Å². The molecule has 0 aliphatic carbocycles. The van der Waals surface area contributed by atoms with Gasteiger partial charge in [0.15, 0.2) is 0 Å². The molecule has 0 atom stereocenters. The zero-order valence-electron chi connectivity index (χ0n) is 12.7. The van der Waals surface area contributed by atoms with Crippen LogP contribution in [-0.2, 0) is 16.1 Å². The highest BCUT2D eigenvalue weighted by Gasteiger charge is 2.10. The molecule has 0 fully saturated rings. The normalized spacial score (nSPS) is 10.2. The first-order chi connectivity index (χ1) is 11.5. The third-order valence-electron chi connectivity index (χ3n) is 3.04. The molecule has 2 rings (SSSR count). The summed E-state index contributed by atoms with van der Waals surface area (Å²) >= 11 is 4.62. The molecule has 0 amide bonds. The Hall–Kier alpha value is -2.06. The fourth-order valence-corrected chi connectivity index (χ4v) is 2.97. The first-order valence-corrected chi connectivity index (χ1v) is 8.62. The van der Waals surface area contributed by atoms with E-state index in [0.29, 0.717) is 5.75 Å². The number of nitro groups is 1. The number of ether oxygens (including phenoxy) is 2. The van der Waals surface area contributed by atoms with Crippen molar-refractivity contribution in [1.29, 1.82) is 0 Å². The average molecular weight is 412 g/mol. The van der Waals surface area contributed by atoms with Gasteiger partial charge in [-0.1, -0.05) is 15.9 Å². The number of carbonyl (C=O) groups is 1. The zero-order valence-corrected chi connectivity index (χ0v) is 15.1. The molecule has 0 saturated heterocycles. The van der Waals surface area contributed by atoms with Crippen molar-refractivity contribution in [3.8, 4) is 5.75 Å². The minimum absolute atomic E-state index is 0.0173. The van der Waals surface area contributed by atoms with Crippen LogP contribution in [0.5, 0.6) is 5.75 Å². The SMILES string of the molecule is COc1ccc(Br)cc1COC(=O)CSc1ccc([N+](=O)[O-])cc1. The van der Waals surface area contributed by atoms with Crippen molar-refractivity contribution in [3.63, 3.8) is 0 Å². The topological polar surface area (TPSA) is 78.7 Å². The maximum absolute atomic E-state index is 11.8. The lowest BCUT2D eigenvalue weighted by molar-refractivity contribution is -0.384. The lowest BCUT2D eigenvalue weighted by Gasteiger charge is -2.10. The molecule has 0 saturated carbocycles. The number of non-ortho nitro benzene ring substituents is 1. The highest BCUT2D eigenvalue weighted by Crippen LogP contribution is 2.25. The smallest absolute Gasteiger partial charge is 0.316 e. The second-order valence-corrected chi connectivity index (χ2v) is 6.62. The Morgan fingerprint density at radius 3 is 2.58 bits per heavy atom. The van der Waals surface area contributed by atoms with Crippen LogP contribution in [0.4, 0.5) is 5.69 Å². The molecule has 0 spiro atoms. The van der Waals surface area contributed by atoms with Gasteiger partial charge in [-0.25, -0.2) is 0 Å². The van der Waals surface area contributed by atoms with Crippen LogP contribution in [0.15, 0.2) is 51.8 Å². The van der Waals surface area contributed by atoms with Crippen LogP contribution in [0.25, 0.3) is 0 Å². The molecule has 126 valence electrons. The number of nitrogens with zero attached hydrogens (tertiary/aromatic N) is 1. The first-order valence-electron chi connectivity index (χ1n) is 6.85. The molecule has 24 heavy (non-hydrogen) atoms. The summed E-state index contributed by atoms with van der Waals surface area (Å²) in [6, 6.07) is 11.5. The molecule has 0 aromatic heterocycles. The van der Waals surface area contributed by atoms with Crippen molar-refractivity contribution in [2.24, 2.45) is 0 Å². The van der Waals surface area contributed by atoms with Gasteiger partial charge in [-0.05, 0) is 30.3 Å². The number of nitro benzene ring substituents is 1. The third kappa shape index (κ3) is 5.24. The van der Waals surface area contributed by atoms with Crippen LogP contribution < -0.4 is 4.74 Å². The Labute approximate surface area is 151 Å². The minimum atomic E-state index is -0.464. The van der Waals surface area contributed by atoms with E-state index < -0.39 is 4.92 Å². The minimum Gasteiger partial charge on any atom is -0.496 e. The van der Waals surface area contributed by atoms with Gasteiger partial charge < -0.3 is 9.47 Å². The molecular formula is C16H14BrNO5S. The number of halogens is 1. The quantitative estimate of drug-likeness (QED) is 0.294. The number of esters is 1. The van der Waals surface area contributed by atoms with Crippen LogP contribution in [0.1, 0.15) is 5.56 Å². The van der Waals surface area contributed by atoms with Crippen molar-refractivity contribution < 1.29 is 19.2 Å². The van der Waals surface area contributed by atoms with E-state index in [0.717, 1.165) is 14.9 Å². The van der Waals surface area contributed by atoms with Crippen molar-refractivity contribution in [3.05, 3.63) is 62.6 Å². The molecule has 6 nitrogen and oxygen atoms in total. The summed E-state index contributed by atoms with van der Waals surface area (Å²) in [5, 5.41) is 10.6. The van der Waals surface area contributed by atoms with Crippen LogP contribution >= 0.6 is 27.7 Å². The van der Waals surface area contributed by atoms with Gasteiger partial charge in [0, 0.05) is 27.1 Å². The third-order valence-corrected chi connectivity index (χ3v) is 4.51. The van der Waals surface area contributed by atoms with Gasteiger partial charge >= 0.3 is 5.97 Å². The lowest BCUT2D eigenvalue weighted by atomic mass is 10.2. The summed E-state index contributed by atoms with van der Waals surface area (Å²) in [6.45, 7) is 0.113. The maximum Gasteiger partial charge on any atom is 0.316 e. The van der Waals surface area contributed by atoms with E-state index in [4.69, 9.17) is 9.47 Å². The Kier molecular flexibility index (Phi) is 6.62. The van der Waals surface area contributed by atoms with Gasteiger partial charge in [-0.3, -0.25) is 14.9 Å². The lowest BCUT2D eigenvalue weighted by Crippen LogP contribution is -2.08. The van der Waals surface area contributed by atoms with E-state index in [9.17, 15) is 14.9 Å². The number of methoxy groups -OCH3 is 1. The van der Waals surface area contributed by atoms with E-state index in [1.165, 1.54) is 23.9 Å². The van der Waals surface area contributed by atoms with E-state index in [1.807, 2.05) is 12.1 Å². The number of carbonyl (C=O) groups excluding carboxylic acids is 1. The highest BCUT2D eigenvalue weighted by molar-refractivity contribution is 9.10. The van der Waals surface area contributed by atoms with Crippen LogP contribution in [0.3, 0.4) is 0 Å². The Bertz CT molecular complexity index is 736. The molecule has 2 aromatic carbocycles. The summed E-state index contributed by atoms with van der Waals surface area (Å²) in [5.41, 5.74) is 0.782. The van der Waals surface area contributed by atoms with Crippen LogP contribution in [0, 0.1) is 10.1 Å². The number of hydrogen-bond acceptors (Lipinski definition) is 6. The van der Waals surface area contributed by atoms with Crippen molar-refractivity contribution in [2.45, 2.75) is 11.5 Å². The Balaban J connectivity index is 1.85. The molecule has 0 aliphatic heterocycles. The molecule has 0 unspecified atom stereocenters. The molecular weight excluding hydrogens is 398 g/mol. The second kappa shape index (κ2) is 8.70. The summed E-state index contributed by atoms with van der Waals surface area (Å²) in [5.74, 6) is 0.392. The van der Waals surface area contributed by atoms with Crippen molar-refractivity contribution >= 4 is 39.3 Å². The molecule has 0 bridgehead atoms. The summed E-state index contributed by atoms with van der Waals surface area (Å²) in [4.78, 5) is 22.7. The molecule has 2 aromatic rings. The predicted octanol–water partition coefficient (Wildman–Crippen LogP) is 4.20. The molecule has 0 heterocycles. The van der Waals surface area contributed by atoms with Crippen molar-refractivity contribution in [2.75, 3.05) is 12.9 Å². The summed E-state index contributed by atoms with van der Waals surface area (Å²) < 4.78 is 11.3. The fourth-order valence-electron chi connectivity index (χ4n) is 1.87. The number of thioether (sulfide) groups is 1. The number of hydrogen-bond donors (Lipinski definition) is 0. The Morgan fingerprint density at radius 1 is 1.25 bits per heavy atom. The molecule has 0 N–H and O–H groups in total. The van der Waals surface area contributed by atoms with Crippen LogP contribution in [0.2, 0.25) is 0 Å². The van der Waals surface area contributed by atoms with Gasteiger partial charge in [-0.2, -0.15) is 0 Å². The van der Waals surface area contributed by atoms with E-state index in [1.54, 1.807) is 25.3 Å². The standard InChI is InChI=1S/C16H14BrNO5S/c1-22-15-7-2-12(17)8-11(15)9-23-16(19)10-24-14-5-3-13(4-6-14)18(20)21/h2-8H,9-10H2,1H3. The van der Waals surface area contributed by atoms with Gasteiger partial charge in [0.1, 0.15) is 12.4 Å². The van der Waals surface area contributed by atoms with Crippen molar-refractivity contribution in [1.82, 2.24) is 0 Å². The van der Waals surface area contributed by atoms with E-state index in [-0.39, 0.29) is 24.0 Å². The number of benzene rings is 2. The maximum atomic E-state index is 11.8. The van der Waals surface area contributed by atoms with Crippen LogP contribution in [-0.4, -0.2) is 23.8 Å². The van der Waals surface area contributed by atoms with Gasteiger partial charge in [0.25, 0.3) is 5.69 Å². The molecule has 0 aliphatic rings. The van der Waals surface area contributed by atoms with Gasteiger partial charge in [0.2, 0.25) is 0 Å². The molecule has 8 heteroatoms. The monoisotopic (exact) mass is 411 g/mol. The Morgan fingerprint density at radius 2 is 1.96 bits per heavy atom. The highest BCUT2D eigenvalue weighted by atomic mass is 79.9. The fraction of sp³-hybridized carbons (Fsp3) is 0.188.